The quantitative estimate of drug-likeness (QED) is 0.756. The number of benzene rings is 2. The molecule has 2 fully saturated rings. The van der Waals surface area contributed by atoms with E-state index in [0.717, 1.165) is 36.8 Å². The van der Waals surface area contributed by atoms with Crippen LogP contribution in [0.25, 0.3) is 0 Å². The lowest BCUT2D eigenvalue weighted by Gasteiger charge is -2.38. The number of aryl methyl sites for hydroxylation is 1. The van der Waals surface area contributed by atoms with Crippen molar-refractivity contribution in [2.24, 2.45) is 0 Å². The van der Waals surface area contributed by atoms with Crippen LogP contribution in [0.4, 0.5) is 0 Å². The van der Waals surface area contributed by atoms with Gasteiger partial charge in [0.1, 0.15) is 0 Å². The highest BCUT2D eigenvalue weighted by atomic mass is 16.5. The second-order valence-corrected chi connectivity index (χ2v) is 8.37. The first-order chi connectivity index (χ1) is 14.6. The largest absolute Gasteiger partial charge is 0.373 e. The van der Waals surface area contributed by atoms with Gasteiger partial charge in [0.2, 0.25) is 0 Å². The lowest BCUT2D eigenvalue weighted by atomic mass is 10.1. The Balaban J connectivity index is 1.47. The van der Waals surface area contributed by atoms with Gasteiger partial charge in [0.15, 0.2) is 0 Å². The van der Waals surface area contributed by atoms with Crippen LogP contribution in [0.5, 0.6) is 0 Å². The number of carbonyl (C=O) groups is 2. The fourth-order valence-corrected chi connectivity index (χ4v) is 4.47. The molecule has 0 N–H and O–H groups in total. The summed E-state index contributed by atoms with van der Waals surface area (Å²) in [5, 5.41) is 0. The van der Waals surface area contributed by atoms with Crippen LogP contribution in [-0.2, 0) is 4.74 Å². The van der Waals surface area contributed by atoms with Crippen LogP contribution in [-0.4, -0.2) is 60.0 Å². The Bertz CT molecular complexity index is 860. The number of carbonyl (C=O) groups excluding carboxylic acids is 2. The highest BCUT2D eigenvalue weighted by Crippen LogP contribution is 2.26. The van der Waals surface area contributed by atoms with Crippen molar-refractivity contribution in [3.8, 4) is 0 Å². The molecule has 0 unspecified atom stereocenters. The Kier molecular flexibility index (Phi) is 6.48. The fourth-order valence-electron chi connectivity index (χ4n) is 4.47. The molecule has 0 bridgehead atoms. The molecule has 4 rings (SSSR count). The summed E-state index contributed by atoms with van der Waals surface area (Å²) in [5.41, 5.74) is 2.56. The van der Waals surface area contributed by atoms with E-state index in [2.05, 4.69) is 0 Å². The van der Waals surface area contributed by atoms with Gasteiger partial charge in [-0.2, -0.15) is 0 Å². The summed E-state index contributed by atoms with van der Waals surface area (Å²) in [4.78, 5) is 30.1. The summed E-state index contributed by atoms with van der Waals surface area (Å²) < 4.78 is 6.00. The molecule has 0 aromatic heterocycles. The van der Waals surface area contributed by atoms with E-state index in [1.807, 2.05) is 71.3 Å². The monoisotopic (exact) mass is 406 g/mol. The fraction of sp³-hybridized carbons (Fsp3) is 0.440. The normalized spacial score (nSPS) is 19.6. The highest BCUT2D eigenvalue weighted by Gasteiger charge is 2.32. The lowest BCUT2D eigenvalue weighted by molar-refractivity contribution is -0.0370. The van der Waals surface area contributed by atoms with Crippen LogP contribution in [0.15, 0.2) is 54.6 Å². The molecule has 1 aliphatic carbocycles. The standard InChI is InChI=1S/C25H30N2O3/c1-19-11-13-21(14-12-19)25(29)27(22-9-5-6-10-22)18-23-17-26(15-16-30-23)24(28)20-7-3-2-4-8-20/h2-4,7-8,11-14,22-23H,5-6,9-10,15-18H2,1H3/t23-/m0/s1. The van der Waals surface area contributed by atoms with Crippen molar-refractivity contribution in [2.75, 3.05) is 26.2 Å². The highest BCUT2D eigenvalue weighted by molar-refractivity contribution is 5.95. The van der Waals surface area contributed by atoms with Gasteiger partial charge in [-0.05, 0) is 44.0 Å². The van der Waals surface area contributed by atoms with Crippen LogP contribution in [0.1, 0.15) is 52.0 Å². The molecule has 2 aromatic carbocycles. The molecular weight excluding hydrogens is 376 g/mol. The number of morpholine rings is 1. The number of hydrogen-bond acceptors (Lipinski definition) is 3. The predicted molar refractivity (Wildman–Crippen MR) is 117 cm³/mol. The summed E-state index contributed by atoms with van der Waals surface area (Å²) in [7, 11) is 0. The van der Waals surface area contributed by atoms with E-state index < -0.39 is 0 Å². The van der Waals surface area contributed by atoms with E-state index in [-0.39, 0.29) is 24.0 Å². The van der Waals surface area contributed by atoms with Crippen molar-refractivity contribution in [3.63, 3.8) is 0 Å². The minimum absolute atomic E-state index is 0.0289. The van der Waals surface area contributed by atoms with Gasteiger partial charge in [-0.15, -0.1) is 0 Å². The maximum Gasteiger partial charge on any atom is 0.254 e. The molecule has 1 heterocycles. The number of amides is 2. The SMILES string of the molecule is Cc1ccc(C(=O)N(C[C@@H]2CN(C(=O)c3ccccc3)CCO2)C2CCCC2)cc1. The third-order valence-electron chi connectivity index (χ3n) is 6.17. The molecule has 1 saturated heterocycles. The van der Waals surface area contributed by atoms with Crippen molar-refractivity contribution >= 4 is 11.8 Å². The van der Waals surface area contributed by atoms with Crippen LogP contribution in [0.2, 0.25) is 0 Å². The molecular formula is C25H30N2O3. The smallest absolute Gasteiger partial charge is 0.254 e. The van der Waals surface area contributed by atoms with E-state index in [9.17, 15) is 9.59 Å². The minimum Gasteiger partial charge on any atom is -0.373 e. The summed E-state index contributed by atoms with van der Waals surface area (Å²) in [5.74, 6) is 0.0955. The Hall–Kier alpha value is -2.66. The van der Waals surface area contributed by atoms with E-state index in [0.29, 0.717) is 31.8 Å². The molecule has 5 nitrogen and oxygen atoms in total. The van der Waals surface area contributed by atoms with Gasteiger partial charge in [0.25, 0.3) is 11.8 Å². The van der Waals surface area contributed by atoms with Gasteiger partial charge in [-0.25, -0.2) is 0 Å². The molecule has 2 amide bonds. The Morgan fingerprint density at radius 3 is 2.40 bits per heavy atom. The Labute approximate surface area is 178 Å². The maximum atomic E-state index is 13.3. The van der Waals surface area contributed by atoms with Gasteiger partial charge >= 0.3 is 0 Å². The molecule has 1 saturated carbocycles. The molecule has 0 spiro atoms. The third-order valence-corrected chi connectivity index (χ3v) is 6.17. The van der Waals surface area contributed by atoms with Crippen molar-refractivity contribution < 1.29 is 14.3 Å². The predicted octanol–water partition coefficient (Wildman–Crippen LogP) is 3.92. The van der Waals surface area contributed by atoms with E-state index >= 15 is 0 Å². The zero-order chi connectivity index (χ0) is 20.9. The maximum absolute atomic E-state index is 13.3. The van der Waals surface area contributed by atoms with Gasteiger partial charge in [-0.1, -0.05) is 48.7 Å². The number of rotatable bonds is 5. The zero-order valence-corrected chi connectivity index (χ0v) is 17.6. The van der Waals surface area contributed by atoms with Gasteiger partial charge in [-0.3, -0.25) is 9.59 Å². The van der Waals surface area contributed by atoms with Crippen LogP contribution in [0, 0.1) is 6.92 Å². The average Bonchev–Trinajstić information content (AvgIpc) is 3.32. The Morgan fingerprint density at radius 1 is 1.00 bits per heavy atom. The van der Waals surface area contributed by atoms with Crippen molar-refractivity contribution in [1.82, 2.24) is 9.80 Å². The summed E-state index contributed by atoms with van der Waals surface area (Å²) >= 11 is 0. The van der Waals surface area contributed by atoms with E-state index in [4.69, 9.17) is 4.74 Å². The van der Waals surface area contributed by atoms with Crippen molar-refractivity contribution in [2.45, 2.75) is 44.8 Å². The molecule has 0 radical (unpaired) electrons. The molecule has 2 aromatic rings. The van der Waals surface area contributed by atoms with Crippen LogP contribution < -0.4 is 0 Å². The summed E-state index contributed by atoms with van der Waals surface area (Å²) in [6, 6.07) is 17.4. The first-order valence-corrected chi connectivity index (χ1v) is 11.0. The summed E-state index contributed by atoms with van der Waals surface area (Å²) in [6.45, 7) is 4.14. The van der Waals surface area contributed by atoms with Gasteiger partial charge in [0, 0.05) is 36.8 Å². The molecule has 2 aliphatic rings. The first-order valence-electron chi connectivity index (χ1n) is 11.0. The van der Waals surface area contributed by atoms with Gasteiger partial charge in [0.05, 0.1) is 12.7 Å². The lowest BCUT2D eigenvalue weighted by Crippen LogP contribution is -2.52. The van der Waals surface area contributed by atoms with Crippen molar-refractivity contribution in [3.05, 3.63) is 71.3 Å². The zero-order valence-electron chi connectivity index (χ0n) is 17.6. The molecule has 30 heavy (non-hydrogen) atoms. The molecule has 1 aliphatic heterocycles. The number of hydrogen-bond donors (Lipinski definition) is 0. The minimum atomic E-state index is -0.165. The second kappa shape index (κ2) is 9.43. The number of nitrogens with zero attached hydrogens (tertiary/aromatic N) is 2. The molecule has 1 atom stereocenters. The van der Waals surface area contributed by atoms with E-state index in [1.165, 1.54) is 0 Å². The number of ether oxygens (including phenoxy) is 1. The first kappa shape index (κ1) is 20.6. The molecule has 158 valence electrons. The second-order valence-electron chi connectivity index (χ2n) is 8.37. The van der Waals surface area contributed by atoms with E-state index in [1.54, 1.807) is 0 Å². The molecule has 5 heteroatoms. The van der Waals surface area contributed by atoms with Gasteiger partial charge < -0.3 is 14.5 Å². The topological polar surface area (TPSA) is 49.9 Å². The third kappa shape index (κ3) is 4.73. The Morgan fingerprint density at radius 2 is 1.70 bits per heavy atom. The van der Waals surface area contributed by atoms with Crippen LogP contribution in [0.3, 0.4) is 0 Å². The summed E-state index contributed by atoms with van der Waals surface area (Å²) in [6.07, 6.45) is 4.23. The van der Waals surface area contributed by atoms with Crippen LogP contribution >= 0.6 is 0 Å². The van der Waals surface area contributed by atoms with Crippen molar-refractivity contribution in [1.29, 1.82) is 0 Å². The average molecular weight is 407 g/mol.